The van der Waals surface area contributed by atoms with Crippen molar-refractivity contribution < 1.29 is 0 Å². The Kier molecular flexibility index (Phi) is 6.44. The third-order valence-electron chi connectivity index (χ3n) is 7.67. The van der Waals surface area contributed by atoms with Gasteiger partial charge in [0.15, 0.2) is 0 Å². The molecule has 1 aliphatic rings. The molecule has 1 heterocycles. The zero-order valence-electron chi connectivity index (χ0n) is 21.8. The van der Waals surface area contributed by atoms with Gasteiger partial charge in [-0.05, 0) is 89.9 Å². The topological polar surface area (TPSA) is 0 Å². The summed E-state index contributed by atoms with van der Waals surface area (Å²) in [5, 5.41) is 2.75. The summed E-state index contributed by atoms with van der Waals surface area (Å²) in [4.78, 5) is 5.76. The summed E-state index contributed by atoms with van der Waals surface area (Å²) in [6, 6.07) is 47.6. The fraction of sp³-hybridized carbons (Fsp3) is 0.0811. The highest BCUT2D eigenvalue weighted by molar-refractivity contribution is 8.37. The number of thiophene rings is 1. The van der Waals surface area contributed by atoms with Gasteiger partial charge in [0.1, 0.15) is 0 Å². The molecule has 0 nitrogen and oxygen atoms in total. The summed E-state index contributed by atoms with van der Waals surface area (Å²) in [5.41, 5.74) is 2.72. The molecule has 0 N–H and O–H groups in total. The van der Waals surface area contributed by atoms with Crippen molar-refractivity contribution in [1.29, 1.82) is 0 Å². The molecule has 1 aromatic heterocycles. The molecule has 7 rings (SSSR count). The van der Waals surface area contributed by atoms with Gasteiger partial charge in [-0.2, -0.15) is 0 Å². The minimum Gasteiger partial charge on any atom is -0.137 e. The van der Waals surface area contributed by atoms with Gasteiger partial charge in [0.2, 0.25) is 0 Å². The van der Waals surface area contributed by atoms with Crippen LogP contribution >= 0.6 is 21.4 Å². The van der Waals surface area contributed by atoms with Crippen molar-refractivity contribution in [3.63, 3.8) is 0 Å². The Labute approximate surface area is 236 Å². The molecular formula is C37H30S2. The second-order valence-corrected chi connectivity index (χ2v) is 14.3. The first kappa shape index (κ1) is 24.2. The first-order valence-corrected chi connectivity index (χ1v) is 16.1. The molecule has 190 valence electrons. The van der Waals surface area contributed by atoms with E-state index in [2.05, 4.69) is 146 Å². The van der Waals surface area contributed by atoms with Gasteiger partial charge in [-0.15, -0.1) is 21.4 Å². The number of hydrogen-bond donors (Lipinski definition) is 0. The van der Waals surface area contributed by atoms with E-state index in [0.717, 1.165) is 19.3 Å². The lowest BCUT2D eigenvalue weighted by molar-refractivity contribution is 1.01. The normalized spacial score (nSPS) is 14.0. The van der Waals surface area contributed by atoms with E-state index in [0.29, 0.717) is 0 Å². The second kappa shape index (κ2) is 10.4. The van der Waals surface area contributed by atoms with E-state index < -0.39 is 10.0 Å². The fourth-order valence-electron chi connectivity index (χ4n) is 5.88. The molecule has 0 amide bonds. The van der Waals surface area contributed by atoms with Crippen LogP contribution in [0.5, 0.6) is 0 Å². The minimum atomic E-state index is -1.62. The molecule has 0 atom stereocenters. The van der Waals surface area contributed by atoms with Gasteiger partial charge in [-0.25, -0.2) is 0 Å². The van der Waals surface area contributed by atoms with Crippen molar-refractivity contribution >= 4 is 41.5 Å². The van der Waals surface area contributed by atoms with Gasteiger partial charge in [0, 0.05) is 34.9 Å². The third-order valence-corrected chi connectivity index (χ3v) is 12.9. The maximum atomic E-state index is 2.52. The number of benzene rings is 5. The molecule has 5 aromatic carbocycles. The molecule has 0 spiro atoms. The molecule has 2 heteroatoms. The summed E-state index contributed by atoms with van der Waals surface area (Å²) >= 11 is 1.91. The Bertz CT molecular complexity index is 1770. The Hall–Kier alpha value is -3.85. The Morgan fingerprint density at radius 3 is 1.82 bits per heavy atom. The summed E-state index contributed by atoms with van der Waals surface area (Å²) < 4.78 is 2.72. The number of hydrogen-bond acceptors (Lipinski definition) is 1. The molecular weight excluding hydrogens is 509 g/mol. The van der Waals surface area contributed by atoms with E-state index in [1.165, 1.54) is 50.9 Å². The standard InChI is InChI=1S/C37H30S2/c1-5-13-28(14-6-1)25-29-21-23-36-34(26-29)35-27-33(22-24-37(35)38-36)39(30-15-7-2-8-16-30,31-17-9-3-10-18-31)32-19-11-4-12-20-32/h1-11,13-19,21-24,26-27H,12,20,25H2. The Morgan fingerprint density at radius 2 is 1.18 bits per heavy atom. The highest BCUT2D eigenvalue weighted by Gasteiger charge is 2.35. The van der Waals surface area contributed by atoms with E-state index >= 15 is 0 Å². The summed E-state index contributed by atoms with van der Waals surface area (Å²) in [7, 11) is -1.62. The van der Waals surface area contributed by atoms with E-state index in [1.807, 2.05) is 11.3 Å². The minimum absolute atomic E-state index is 0.955. The van der Waals surface area contributed by atoms with Crippen LogP contribution in [0.2, 0.25) is 0 Å². The van der Waals surface area contributed by atoms with Crippen molar-refractivity contribution in [3.8, 4) is 0 Å². The number of fused-ring (bicyclic) bond motifs is 3. The zero-order valence-corrected chi connectivity index (χ0v) is 23.4. The Morgan fingerprint density at radius 1 is 0.564 bits per heavy atom. The van der Waals surface area contributed by atoms with Crippen molar-refractivity contribution in [2.75, 3.05) is 0 Å². The maximum absolute atomic E-state index is 2.52. The molecule has 0 fully saturated rings. The summed E-state index contributed by atoms with van der Waals surface area (Å²) in [6.07, 6.45) is 10.1. The van der Waals surface area contributed by atoms with E-state index in [-0.39, 0.29) is 0 Å². The van der Waals surface area contributed by atoms with Crippen molar-refractivity contribution in [3.05, 3.63) is 162 Å². The second-order valence-electron chi connectivity index (χ2n) is 10.1. The van der Waals surface area contributed by atoms with Gasteiger partial charge in [0.05, 0.1) is 0 Å². The van der Waals surface area contributed by atoms with Crippen LogP contribution in [0.15, 0.2) is 165 Å². The average molecular weight is 539 g/mol. The van der Waals surface area contributed by atoms with Crippen LogP contribution in [-0.2, 0) is 6.42 Å². The lowest BCUT2D eigenvalue weighted by atomic mass is 10.0. The van der Waals surface area contributed by atoms with Gasteiger partial charge < -0.3 is 0 Å². The lowest BCUT2D eigenvalue weighted by Crippen LogP contribution is -2.08. The zero-order chi connectivity index (χ0) is 26.1. The monoisotopic (exact) mass is 538 g/mol. The predicted molar refractivity (Wildman–Crippen MR) is 170 cm³/mol. The molecule has 0 unspecified atom stereocenters. The average Bonchev–Trinajstić information content (AvgIpc) is 3.37. The highest BCUT2D eigenvalue weighted by Crippen LogP contribution is 2.74. The molecule has 6 aromatic rings. The molecule has 0 bridgehead atoms. The predicted octanol–water partition coefficient (Wildman–Crippen LogP) is 11.2. The van der Waals surface area contributed by atoms with E-state index in [1.54, 1.807) is 0 Å². The first-order chi connectivity index (χ1) is 19.3. The molecule has 0 saturated carbocycles. The maximum Gasteiger partial charge on any atom is 0.0356 e. The Balaban J connectivity index is 1.48. The van der Waals surface area contributed by atoms with Gasteiger partial charge in [-0.3, -0.25) is 0 Å². The lowest BCUT2D eigenvalue weighted by Gasteiger charge is -2.44. The van der Waals surface area contributed by atoms with Gasteiger partial charge >= 0.3 is 0 Å². The van der Waals surface area contributed by atoms with Crippen LogP contribution in [0.1, 0.15) is 24.0 Å². The summed E-state index contributed by atoms with van der Waals surface area (Å²) in [6.45, 7) is 0. The molecule has 0 radical (unpaired) electrons. The van der Waals surface area contributed by atoms with Crippen LogP contribution < -0.4 is 0 Å². The van der Waals surface area contributed by atoms with Crippen molar-refractivity contribution in [1.82, 2.24) is 0 Å². The van der Waals surface area contributed by atoms with Crippen molar-refractivity contribution in [2.45, 2.75) is 33.9 Å². The van der Waals surface area contributed by atoms with E-state index in [9.17, 15) is 0 Å². The van der Waals surface area contributed by atoms with Crippen LogP contribution in [0.4, 0.5) is 0 Å². The number of allylic oxidation sites excluding steroid dienone is 4. The van der Waals surface area contributed by atoms with Crippen LogP contribution in [0.3, 0.4) is 0 Å². The molecule has 39 heavy (non-hydrogen) atoms. The quantitative estimate of drug-likeness (QED) is 0.198. The number of rotatable bonds is 6. The molecule has 0 aliphatic heterocycles. The highest BCUT2D eigenvalue weighted by atomic mass is 32.3. The van der Waals surface area contributed by atoms with Crippen molar-refractivity contribution in [2.24, 2.45) is 0 Å². The first-order valence-electron chi connectivity index (χ1n) is 13.6. The smallest absolute Gasteiger partial charge is 0.0356 e. The molecule has 1 aliphatic carbocycles. The van der Waals surface area contributed by atoms with Crippen LogP contribution in [0.25, 0.3) is 20.2 Å². The SMILES string of the molecule is C1=CCCC(S(c2ccccc2)(c2ccccc2)c2ccc3sc4ccc(Cc5ccccc5)cc4c3c2)=C1. The third kappa shape index (κ3) is 4.34. The van der Waals surface area contributed by atoms with Gasteiger partial charge in [-0.1, -0.05) is 91.0 Å². The van der Waals surface area contributed by atoms with Crippen LogP contribution in [-0.4, -0.2) is 0 Å². The summed E-state index contributed by atoms with van der Waals surface area (Å²) in [5.74, 6) is 0. The fourth-order valence-corrected chi connectivity index (χ4v) is 11.1. The van der Waals surface area contributed by atoms with Crippen LogP contribution in [0, 0.1) is 0 Å². The van der Waals surface area contributed by atoms with E-state index in [4.69, 9.17) is 0 Å². The molecule has 0 saturated heterocycles. The van der Waals surface area contributed by atoms with Gasteiger partial charge in [0.25, 0.3) is 0 Å². The largest absolute Gasteiger partial charge is 0.137 e.